The Bertz CT molecular complexity index is 708. The second kappa shape index (κ2) is 10.6. The van der Waals surface area contributed by atoms with E-state index < -0.39 is 5.82 Å². The normalized spacial score (nSPS) is 10.8. The summed E-state index contributed by atoms with van der Waals surface area (Å²) in [6, 6.07) is 8.08. The topological polar surface area (TPSA) is 50.7 Å². The molecular formula is C19H22Cl2FNO3. The number of benzene rings is 2. The average Bonchev–Trinajstić information content (AvgIpc) is 2.60. The highest BCUT2D eigenvalue weighted by atomic mass is 35.5. The molecule has 0 spiro atoms. The minimum absolute atomic E-state index is 0.0562. The van der Waals surface area contributed by atoms with Gasteiger partial charge in [-0.3, -0.25) is 0 Å². The zero-order valence-corrected chi connectivity index (χ0v) is 16.0. The van der Waals surface area contributed by atoms with Crippen LogP contribution in [0.5, 0.6) is 11.5 Å². The highest BCUT2D eigenvalue weighted by molar-refractivity contribution is 6.32. The van der Waals surface area contributed by atoms with E-state index in [-0.39, 0.29) is 18.8 Å². The lowest BCUT2D eigenvalue weighted by atomic mass is 10.2. The van der Waals surface area contributed by atoms with Crippen molar-refractivity contribution in [1.29, 1.82) is 0 Å². The molecule has 0 aliphatic carbocycles. The van der Waals surface area contributed by atoms with Gasteiger partial charge in [0.1, 0.15) is 12.4 Å². The predicted molar refractivity (Wildman–Crippen MR) is 102 cm³/mol. The first-order valence-corrected chi connectivity index (χ1v) is 9.14. The number of aliphatic hydroxyl groups excluding tert-OH is 1. The molecule has 0 atom stereocenters. The number of hydrogen-bond donors (Lipinski definition) is 2. The van der Waals surface area contributed by atoms with Gasteiger partial charge in [0.25, 0.3) is 0 Å². The Kier molecular flexibility index (Phi) is 8.45. The number of nitrogens with one attached hydrogen (secondary N) is 1. The summed E-state index contributed by atoms with van der Waals surface area (Å²) in [5.74, 6) is 0.412. The number of ether oxygens (including phenoxy) is 2. The summed E-state index contributed by atoms with van der Waals surface area (Å²) in [6.07, 6.45) is 0.677. The standard InChI is InChI=1S/C19H22Cl2FNO3/c1-2-25-18-10-13(11-23-7-4-8-24)9-16(21)19(18)26-12-14-15(20)5-3-6-17(14)22/h3,5-6,9-10,23-24H,2,4,7-8,11-12H2,1H3. The molecule has 7 heteroatoms. The van der Waals surface area contributed by atoms with E-state index in [1.165, 1.54) is 6.07 Å². The minimum Gasteiger partial charge on any atom is -0.490 e. The molecule has 0 aliphatic heterocycles. The number of hydrogen-bond acceptors (Lipinski definition) is 4. The molecule has 0 saturated carbocycles. The first-order valence-electron chi connectivity index (χ1n) is 8.39. The van der Waals surface area contributed by atoms with Crippen LogP contribution in [-0.4, -0.2) is 24.9 Å². The summed E-state index contributed by atoms with van der Waals surface area (Å²) in [5.41, 5.74) is 1.19. The molecule has 26 heavy (non-hydrogen) atoms. The summed E-state index contributed by atoms with van der Waals surface area (Å²) in [6.45, 7) is 3.66. The van der Waals surface area contributed by atoms with Crippen LogP contribution < -0.4 is 14.8 Å². The van der Waals surface area contributed by atoms with E-state index in [9.17, 15) is 4.39 Å². The average molecular weight is 402 g/mol. The largest absolute Gasteiger partial charge is 0.490 e. The van der Waals surface area contributed by atoms with Crippen LogP contribution in [0.3, 0.4) is 0 Å². The molecule has 2 aromatic rings. The van der Waals surface area contributed by atoms with Crippen LogP contribution in [0.15, 0.2) is 30.3 Å². The molecule has 0 bridgehead atoms. The van der Waals surface area contributed by atoms with Gasteiger partial charge in [-0.2, -0.15) is 0 Å². The molecule has 2 N–H and O–H groups in total. The van der Waals surface area contributed by atoms with Crippen molar-refractivity contribution in [3.05, 3.63) is 57.3 Å². The van der Waals surface area contributed by atoms with Gasteiger partial charge in [0.05, 0.1) is 16.7 Å². The Morgan fingerprint density at radius 3 is 2.65 bits per heavy atom. The van der Waals surface area contributed by atoms with Gasteiger partial charge in [-0.25, -0.2) is 4.39 Å². The van der Waals surface area contributed by atoms with E-state index in [2.05, 4.69) is 5.32 Å². The second-order valence-corrected chi connectivity index (χ2v) is 6.40. The molecule has 2 aromatic carbocycles. The maximum absolute atomic E-state index is 13.9. The third-order valence-electron chi connectivity index (χ3n) is 3.63. The molecule has 0 unspecified atom stereocenters. The molecule has 0 heterocycles. The van der Waals surface area contributed by atoms with Crippen molar-refractivity contribution < 1.29 is 19.0 Å². The first-order chi connectivity index (χ1) is 12.6. The fourth-order valence-corrected chi connectivity index (χ4v) is 2.88. The summed E-state index contributed by atoms with van der Waals surface area (Å²) in [7, 11) is 0. The summed E-state index contributed by atoms with van der Waals surface area (Å²) < 4.78 is 25.3. The predicted octanol–water partition coefficient (Wildman–Crippen LogP) is 4.58. The van der Waals surface area contributed by atoms with Crippen molar-refractivity contribution in [3.63, 3.8) is 0 Å². The van der Waals surface area contributed by atoms with Gasteiger partial charge in [-0.1, -0.05) is 29.3 Å². The van der Waals surface area contributed by atoms with Gasteiger partial charge < -0.3 is 19.9 Å². The van der Waals surface area contributed by atoms with Gasteiger partial charge in [-0.15, -0.1) is 0 Å². The molecular weight excluding hydrogens is 380 g/mol. The number of halogens is 3. The van der Waals surface area contributed by atoms with Crippen LogP contribution in [-0.2, 0) is 13.2 Å². The maximum atomic E-state index is 13.9. The van der Waals surface area contributed by atoms with Crippen LogP contribution in [0.25, 0.3) is 0 Å². The van der Waals surface area contributed by atoms with Crippen LogP contribution >= 0.6 is 23.2 Å². The summed E-state index contributed by atoms with van der Waals surface area (Å²) >= 11 is 12.4. The Balaban J connectivity index is 2.16. The van der Waals surface area contributed by atoms with E-state index in [4.69, 9.17) is 37.8 Å². The molecule has 2 rings (SSSR count). The molecule has 142 valence electrons. The molecule has 4 nitrogen and oxygen atoms in total. The zero-order valence-electron chi connectivity index (χ0n) is 14.5. The number of aliphatic hydroxyl groups is 1. The van der Waals surface area contributed by atoms with Crippen LogP contribution in [0.1, 0.15) is 24.5 Å². The SMILES string of the molecule is CCOc1cc(CNCCCO)cc(Cl)c1OCc1c(F)cccc1Cl. The van der Waals surface area contributed by atoms with Crippen molar-refractivity contribution in [2.75, 3.05) is 19.8 Å². The lowest BCUT2D eigenvalue weighted by molar-refractivity contribution is 0.266. The zero-order chi connectivity index (χ0) is 18.9. The smallest absolute Gasteiger partial charge is 0.180 e. The lowest BCUT2D eigenvalue weighted by Gasteiger charge is -2.16. The van der Waals surface area contributed by atoms with Gasteiger partial charge in [-0.05, 0) is 49.7 Å². The Hall–Kier alpha value is -1.53. The van der Waals surface area contributed by atoms with E-state index in [0.29, 0.717) is 47.7 Å². The van der Waals surface area contributed by atoms with Crippen molar-refractivity contribution in [2.24, 2.45) is 0 Å². The van der Waals surface area contributed by atoms with E-state index in [0.717, 1.165) is 5.56 Å². The third kappa shape index (κ3) is 5.74. The van der Waals surface area contributed by atoms with Crippen LogP contribution in [0.4, 0.5) is 4.39 Å². The molecule has 0 amide bonds. The second-order valence-electron chi connectivity index (χ2n) is 5.58. The number of rotatable bonds is 10. The molecule has 0 saturated heterocycles. The van der Waals surface area contributed by atoms with Crippen molar-refractivity contribution in [1.82, 2.24) is 5.32 Å². The third-order valence-corrected chi connectivity index (χ3v) is 4.27. The molecule has 0 radical (unpaired) electrons. The lowest BCUT2D eigenvalue weighted by Crippen LogP contribution is -2.16. The van der Waals surface area contributed by atoms with E-state index in [1.807, 2.05) is 13.0 Å². The van der Waals surface area contributed by atoms with Gasteiger partial charge in [0.15, 0.2) is 11.5 Å². The highest BCUT2D eigenvalue weighted by Crippen LogP contribution is 2.37. The van der Waals surface area contributed by atoms with Crippen molar-refractivity contribution >= 4 is 23.2 Å². The van der Waals surface area contributed by atoms with Crippen LogP contribution in [0, 0.1) is 5.82 Å². The Morgan fingerprint density at radius 2 is 1.96 bits per heavy atom. The highest BCUT2D eigenvalue weighted by Gasteiger charge is 2.15. The quantitative estimate of drug-likeness (QED) is 0.572. The van der Waals surface area contributed by atoms with Crippen LogP contribution in [0.2, 0.25) is 10.0 Å². The Morgan fingerprint density at radius 1 is 1.15 bits per heavy atom. The van der Waals surface area contributed by atoms with Gasteiger partial charge >= 0.3 is 0 Å². The van der Waals surface area contributed by atoms with Gasteiger partial charge in [0, 0.05) is 18.7 Å². The Labute approximate surface area is 162 Å². The summed E-state index contributed by atoms with van der Waals surface area (Å²) in [5, 5.41) is 12.7. The van der Waals surface area contributed by atoms with Crippen molar-refractivity contribution in [2.45, 2.75) is 26.5 Å². The molecule has 0 aromatic heterocycles. The maximum Gasteiger partial charge on any atom is 0.180 e. The first kappa shape index (κ1) is 20.8. The fraction of sp³-hybridized carbons (Fsp3) is 0.368. The van der Waals surface area contributed by atoms with Gasteiger partial charge in [0.2, 0.25) is 0 Å². The monoisotopic (exact) mass is 401 g/mol. The van der Waals surface area contributed by atoms with E-state index >= 15 is 0 Å². The van der Waals surface area contributed by atoms with Crippen molar-refractivity contribution in [3.8, 4) is 11.5 Å². The molecule has 0 aliphatic rings. The minimum atomic E-state index is -0.434. The summed E-state index contributed by atoms with van der Waals surface area (Å²) in [4.78, 5) is 0. The molecule has 0 fully saturated rings. The van der Waals surface area contributed by atoms with E-state index in [1.54, 1.807) is 18.2 Å². The fourth-order valence-electron chi connectivity index (χ4n) is 2.38.